The summed E-state index contributed by atoms with van der Waals surface area (Å²) in [6, 6.07) is 10.8. The molecule has 0 bridgehead atoms. The van der Waals surface area contributed by atoms with Crippen LogP contribution in [-0.2, 0) is 15.0 Å². The molecule has 0 unspecified atom stereocenters. The molecule has 2 rings (SSSR count). The first-order chi connectivity index (χ1) is 11.9. The van der Waals surface area contributed by atoms with Crippen LogP contribution in [0.15, 0.2) is 66.8 Å². The Morgan fingerprint density at radius 3 is 2.00 bits per heavy atom. The number of benzene rings is 1. The third kappa shape index (κ3) is 7.63. The molecule has 1 aliphatic carbocycles. The molecule has 0 heterocycles. The van der Waals surface area contributed by atoms with Crippen LogP contribution in [0.2, 0.25) is 0 Å². The lowest BCUT2D eigenvalue weighted by molar-refractivity contribution is -0.134. The molecule has 5 nitrogen and oxygen atoms in total. The van der Waals surface area contributed by atoms with Gasteiger partial charge in [0.05, 0.1) is 0 Å². The number of rotatable bonds is 6. The molecule has 25 heavy (non-hydrogen) atoms. The second-order valence-electron chi connectivity index (χ2n) is 6.01. The zero-order chi connectivity index (χ0) is 18.7. The number of hydrogen-bond donors (Lipinski definition) is 2. The summed E-state index contributed by atoms with van der Waals surface area (Å²) in [6.07, 6.45) is 12.6. The smallest absolute Gasteiger partial charge is 0.328 e. The van der Waals surface area contributed by atoms with Gasteiger partial charge in [0, 0.05) is 17.6 Å². The summed E-state index contributed by atoms with van der Waals surface area (Å²) in [5, 5.41) is 15.6. The molecule has 1 aliphatic rings. The van der Waals surface area contributed by atoms with Crippen molar-refractivity contribution in [2.75, 3.05) is 20.6 Å². The predicted octanol–water partition coefficient (Wildman–Crippen LogP) is 3.10. The molecule has 2 N–H and O–H groups in total. The van der Waals surface area contributed by atoms with E-state index < -0.39 is 11.9 Å². The molecule has 134 valence electrons. The second-order valence-corrected chi connectivity index (χ2v) is 6.01. The highest BCUT2D eigenvalue weighted by Crippen LogP contribution is 2.34. The lowest BCUT2D eigenvalue weighted by Gasteiger charge is -2.31. The summed E-state index contributed by atoms with van der Waals surface area (Å²) in [4.78, 5) is 21.4. The first-order valence-electron chi connectivity index (χ1n) is 8.05. The molecule has 1 aromatic rings. The van der Waals surface area contributed by atoms with Crippen molar-refractivity contribution in [1.29, 1.82) is 0 Å². The van der Waals surface area contributed by atoms with Crippen LogP contribution in [0.5, 0.6) is 0 Å². The van der Waals surface area contributed by atoms with Crippen molar-refractivity contribution in [2.24, 2.45) is 0 Å². The van der Waals surface area contributed by atoms with E-state index in [1.807, 2.05) is 0 Å². The van der Waals surface area contributed by atoms with Gasteiger partial charge in [-0.25, -0.2) is 9.59 Å². The SMILES string of the molecule is CN(C)CCC1(c2ccccc2)C=CCC=C1.O=C(O)/C=C\C(=O)O. The van der Waals surface area contributed by atoms with Crippen molar-refractivity contribution in [3.05, 3.63) is 72.4 Å². The quantitative estimate of drug-likeness (QED) is 0.613. The first kappa shape index (κ1) is 20.4. The maximum Gasteiger partial charge on any atom is 0.328 e. The molecule has 0 aromatic heterocycles. The number of hydrogen-bond acceptors (Lipinski definition) is 3. The van der Waals surface area contributed by atoms with Gasteiger partial charge < -0.3 is 15.1 Å². The average molecular weight is 343 g/mol. The van der Waals surface area contributed by atoms with E-state index in [9.17, 15) is 9.59 Å². The van der Waals surface area contributed by atoms with Gasteiger partial charge in [-0.05, 0) is 39.0 Å². The monoisotopic (exact) mass is 343 g/mol. The van der Waals surface area contributed by atoms with Crippen LogP contribution < -0.4 is 0 Å². The van der Waals surface area contributed by atoms with E-state index in [1.165, 1.54) is 5.56 Å². The number of aliphatic carboxylic acids is 2. The number of carboxylic acids is 2. The molecule has 0 spiro atoms. The number of nitrogens with zero attached hydrogens (tertiary/aromatic N) is 1. The van der Waals surface area contributed by atoms with Crippen LogP contribution >= 0.6 is 0 Å². The summed E-state index contributed by atoms with van der Waals surface area (Å²) in [5.41, 5.74) is 1.50. The third-order valence-corrected chi connectivity index (χ3v) is 3.76. The van der Waals surface area contributed by atoms with Crippen LogP contribution in [0.3, 0.4) is 0 Å². The number of allylic oxidation sites excluding steroid dienone is 4. The predicted molar refractivity (Wildman–Crippen MR) is 98.6 cm³/mol. The number of carboxylic acid groups (broad SMARTS) is 2. The van der Waals surface area contributed by atoms with E-state index in [-0.39, 0.29) is 5.41 Å². The lowest BCUT2D eigenvalue weighted by atomic mass is 9.75. The molecule has 0 fully saturated rings. The van der Waals surface area contributed by atoms with Crippen molar-refractivity contribution >= 4 is 11.9 Å². The van der Waals surface area contributed by atoms with Crippen molar-refractivity contribution in [1.82, 2.24) is 4.90 Å². The molecule has 0 radical (unpaired) electrons. The molecule has 0 saturated heterocycles. The Morgan fingerprint density at radius 1 is 1.04 bits per heavy atom. The van der Waals surface area contributed by atoms with Gasteiger partial charge in [-0.3, -0.25) is 0 Å². The van der Waals surface area contributed by atoms with Crippen molar-refractivity contribution in [3.63, 3.8) is 0 Å². The summed E-state index contributed by atoms with van der Waals surface area (Å²) >= 11 is 0. The first-order valence-corrected chi connectivity index (χ1v) is 8.05. The van der Waals surface area contributed by atoms with E-state index in [0.29, 0.717) is 12.2 Å². The van der Waals surface area contributed by atoms with Crippen LogP contribution in [-0.4, -0.2) is 47.7 Å². The average Bonchev–Trinajstić information content (AvgIpc) is 2.60. The Labute approximate surface area is 148 Å². The highest BCUT2D eigenvalue weighted by molar-refractivity contribution is 5.89. The van der Waals surface area contributed by atoms with Gasteiger partial charge in [0.2, 0.25) is 0 Å². The molecule has 5 heteroatoms. The van der Waals surface area contributed by atoms with Gasteiger partial charge in [0.15, 0.2) is 0 Å². The van der Waals surface area contributed by atoms with Crippen LogP contribution in [0.25, 0.3) is 0 Å². The Bertz CT molecular complexity index is 617. The lowest BCUT2D eigenvalue weighted by Crippen LogP contribution is -2.28. The van der Waals surface area contributed by atoms with Crippen LogP contribution in [0, 0.1) is 0 Å². The third-order valence-electron chi connectivity index (χ3n) is 3.76. The maximum atomic E-state index is 9.55. The molecule has 1 aromatic carbocycles. The largest absolute Gasteiger partial charge is 0.478 e. The minimum Gasteiger partial charge on any atom is -0.478 e. The fourth-order valence-electron chi connectivity index (χ4n) is 2.49. The van der Waals surface area contributed by atoms with E-state index in [1.54, 1.807) is 0 Å². The fourth-order valence-corrected chi connectivity index (χ4v) is 2.49. The molecule has 0 aliphatic heterocycles. The van der Waals surface area contributed by atoms with Gasteiger partial charge >= 0.3 is 11.9 Å². The maximum absolute atomic E-state index is 9.55. The van der Waals surface area contributed by atoms with Gasteiger partial charge in [-0.1, -0.05) is 54.6 Å². The summed E-state index contributed by atoms with van der Waals surface area (Å²) in [5.74, 6) is -2.51. The van der Waals surface area contributed by atoms with Crippen molar-refractivity contribution < 1.29 is 19.8 Å². The molecule has 0 saturated carbocycles. The standard InChI is InChI=1S/C16H21N.C4H4O4/c1-17(2)14-13-16(11-7-4-8-12-16)15-9-5-3-6-10-15;5-3(6)1-2-4(7)8/h3,5-12H,4,13-14H2,1-2H3;1-2H,(H,5,6)(H,7,8)/b;2-1-. The normalized spacial score (nSPS) is 15.0. The van der Waals surface area contributed by atoms with E-state index in [0.717, 1.165) is 19.4 Å². The Morgan fingerprint density at radius 2 is 1.56 bits per heavy atom. The van der Waals surface area contributed by atoms with E-state index >= 15 is 0 Å². The molecular weight excluding hydrogens is 318 g/mol. The Kier molecular flexibility index (Phi) is 8.36. The van der Waals surface area contributed by atoms with Gasteiger partial charge in [-0.2, -0.15) is 0 Å². The molecule has 0 atom stereocenters. The zero-order valence-corrected chi connectivity index (χ0v) is 14.6. The summed E-state index contributed by atoms with van der Waals surface area (Å²) < 4.78 is 0. The number of carbonyl (C=O) groups is 2. The van der Waals surface area contributed by atoms with Gasteiger partial charge in [-0.15, -0.1) is 0 Å². The van der Waals surface area contributed by atoms with Gasteiger partial charge in [0.1, 0.15) is 0 Å². The van der Waals surface area contributed by atoms with Crippen molar-refractivity contribution in [3.8, 4) is 0 Å². The van der Waals surface area contributed by atoms with E-state index in [4.69, 9.17) is 10.2 Å². The highest BCUT2D eigenvalue weighted by Gasteiger charge is 2.27. The van der Waals surface area contributed by atoms with Crippen LogP contribution in [0.1, 0.15) is 18.4 Å². The zero-order valence-electron chi connectivity index (χ0n) is 14.6. The highest BCUT2D eigenvalue weighted by atomic mass is 16.4. The topological polar surface area (TPSA) is 77.8 Å². The summed E-state index contributed by atoms with van der Waals surface area (Å²) in [7, 11) is 4.27. The minimum atomic E-state index is -1.26. The van der Waals surface area contributed by atoms with E-state index in [2.05, 4.69) is 73.6 Å². The minimum absolute atomic E-state index is 0.101. The fraction of sp³-hybridized carbons (Fsp3) is 0.300. The summed E-state index contributed by atoms with van der Waals surface area (Å²) in [6.45, 7) is 1.10. The van der Waals surface area contributed by atoms with Gasteiger partial charge in [0.25, 0.3) is 0 Å². The molecular formula is C20H25NO4. The van der Waals surface area contributed by atoms with Crippen molar-refractivity contribution in [2.45, 2.75) is 18.3 Å². The second kappa shape index (κ2) is 10.3. The Hall–Kier alpha value is -2.66. The van der Waals surface area contributed by atoms with Crippen LogP contribution in [0.4, 0.5) is 0 Å². The Balaban J connectivity index is 0.000000333. The molecule has 0 amide bonds.